The number of ether oxygens (including phenoxy) is 1. The normalized spacial score (nSPS) is 16.0. The molecule has 0 aliphatic carbocycles. The molecule has 0 saturated carbocycles. The SMILES string of the molecule is CN=C(NCCCOc1ccccc1)NCc1ccc(CN2CCCN(C)CC2)cc1. The molecule has 31 heavy (non-hydrogen) atoms. The highest BCUT2D eigenvalue weighted by Crippen LogP contribution is 2.10. The van der Waals surface area contributed by atoms with Crippen LogP contribution in [0.25, 0.3) is 0 Å². The number of hydrogen-bond acceptors (Lipinski definition) is 4. The van der Waals surface area contributed by atoms with Crippen LogP contribution in [0.5, 0.6) is 5.75 Å². The Balaban J connectivity index is 1.33. The largest absolute Gasteiger partial charge is 0.494 e. The van der Waals surface area contributed by atoms with E-state index in [1.54, 1.807) is 7.05 Å². The van der Waals surface area contributed by atoms with Gasteiger partial charge in [-0.3, -0.25) is 9.89 Å². The molecular formula is C25H37N5O. The first-order valence-electron chi connectivity index (χ1n) is 11.3. The monoisotopic (exact) mass is 423 g/mol. The molecule has 6 heteroatoms. The maximum atomic E-state index is 5.72. The fraction of sp³-hybridized carbons (Fsp3) is 0.480. The van der Waals surface area contributed by atoms with E-state index in [1.165, 1.54) is 30.6 Å². The summed E-state index contributed by atoms with van der Waals surface area (Å²) in [7, 11) is 4.02. The highest BCUT2D eigenvalue weighted by Gasteiger charge is 2.12. The lowest BCUT2D eigenvalue weighted by Crippen LogP contribution is -2.37. The van der Waals surface area contributed by atoms with Crippen molar-refractivity contribution in [3.05, 3.63) is 65.7 Å². The Labute approximate surface area is 187 Å². The van der Waals surface area contributed by atoms with Crippen molar-refractivity contribution in [2.24, 2.45) is 4.99 Å². The highest BCUT2D eigenvalue weighted by atomic mass is 16.5. The number of para-hydroxylation sites is 1. The summed E-state index contributed by atoms with van der Waals surface area (Å²) in [6.07, 6.45) is 2.17. The van der Waals surface area contributed by atoms with Crippen LogP contribution in [0, 0.1) is 0 Å². The maximum absolute atomic E-state index is 5.72. The number of likely N-dealkylation sites (N-methyl/N-ethyl adjacent to an activating group) is 1. The van der Waals surface area contributed by atoms with Crippen molar-refractivity contribution in [2.75, 3.05) is 53.4 Å². The van der Waals surface area contributed by atoms with Crippen LogP contribution in [-0.4, -0.2) is 69.2 Å². The maximum Gasteiger partial charge on any atom is 0.191 e. The molecule has 0 spiro atoms. The molecule has 6 nitrogen and oxygen atoms in total. The molecule has 1 aliphatic rings. The first-order valence-corrected chi connectivity index (χ1v) is 11.3. The minimum absolute atomic E-state index is 0.683. The Hall–Kier alpha value is -2.57. The van der Waals surface area contributed by atoms with Crippen LogP contribution in [0.15, 0.2) is 59.6 Å². The van der Waals surface area contributed by atoms with Gasteiger partial charge in [-0.15, -0.1) is 0 Å². The van der Waals surface area contributed by atoms with Crippen LogP contribution in [0.1, 0.15) is 24.0 Å². The van der Waals surface area contributed by atoms with Gasteiger partial charge in [-0.1, -0.05) is 42.5 Å². The summed E-state index contributed by atoms with van der Waals surface area (Å²) < 4.78 is 5.72. The molecule has 1 fully saturated rings. The van der Waals surface area contributed by atoms with Crippen LogP contribution in [0.4, 0.5) is 0 Å². The topological polar surface area (TPSA) is 52.1 Å². The molecule has 1 aliphatic heterocycles. The van der Waals surface area contributed by atoms with Crippen molar-refractivity contribution >= 4 is 5.96 Å². The van der Waals surface area contributed by atoms with Crippen LogP contribution in [-0.2, 0) is 13.1 Å². The summed E-state index contributed by atoms with van der Waals surface area (Å²) in [5.74, 6) is 1.73. The van der Waals surface area contributed by atoms with Crippen LogP contribution >= 0.6 is 0 Å². The number of aliphatic imine (C=N–C) groups is 1. The van der Waals surface area contributed by atoms with E-state index in [0.29, 0.717) is 6.61 Å². The van der Waals surface area contributed by atoms with Gasteiger partial charge in [-0.05, 0) is 56.2 Å². The molecule has 2 aromatic rings. The Kier molecular flexibility index (Phi) is 9.67. The zero-order valence-corrected chi connectivity index (χ0v) is 19.0. The van der Waals surface area contributed by atoms with Crippen molar-refractivity contribution in [3.8, 4) is 5.75 Å². The average molecular weight is 424 g/mol. The minimum atomic E-state index is 0.683. The van der Waals surface area contributed by atoms with E-state index >= 15 is 0 Å². The molecule has 1 saturated heterocycles. The van der Waals surface area contributed by atoms with Crippen molar-refractivity contribution < 1.29 is 4.74 Å². The third-order valence-corrected chi connectivity index (χ3v) is 5.55. The standard InChI is InChI=1S/C25H37N5O/c1-26-25(27-14-6-19-31-24-8-4-3-5-9-24)28-20-22-10-12-23(13-11-22)21-30-16-7-15-29(2)17-18-30/h3-5,8-13H,6-7,14-21H2,1-2H3,(H2,26,27,28). The van der Waals surface area contributed by atoms with E-state index in [4.69, 9.17) is 4.74 Å². The van der Waals surface area contributed by atoms with Gasteiger partial charge in [-0.2, -0.15) is 0 Å². The summed E-state index contributed by atoms with van der Waals surface area (Å²) in [5.41, 5.74) is 2.64. The van der Waals surface area contributed by atoms with E-state index in [9.17, 15) is 0 Å². The predicted octanol–water partition coefficient (Wildman–Crippen LogP) is 2.96. The second kappa shape index (κ2) is 13.0. The molecule has 168 valence electrons. The summed E-state index contributed by atoms with van der Waals surface area (Å²) in [6.45, 7) is 8.00. The molecule has 0 amide bonds. The predicted molar refractivity (Wildman–Crippen MR) is 129 cm³/mol. The van der Waals surface area contributed by atoms with Gasteiger partial charge in [0, 0.05) is 39.8 Å². The third-order valence-electron chi connectivity index (χ3n) is 5.55. The van der Waals surface area contributed by atoms with Crippen molar-refractivity contribution in [1.29, 1.82) is 0 Å². The van der Waals surface area contributed by atoms with Gasteiger partial charge in [0.15, 0.2) is 5.96 Å². The molecular weight excluding hydrogens is 386 g/mol. The molecule has 0 radical (unpaired) electrons. The van der Waals surface area contributed by atoms with Gasteiger partial charge in [0.2, 0.25) is 0 Å². The Morgan fingerprint density at radius 3 is 2.48 bits per heavy atom. The Morgan fingerprint density at radius 2 is 1.71 bits per heavy atom. The van der Waals surface area contributed by atoms with Gasteiger partial charge in [0.1, 0.15) is 5.75 Å². The van der Waals surface area contributed by atoms with Gasteiger partial charge < -0.3 is 20.3 Å². The minimum Gasteiger partial charge on any atom is -0.494 e. The van der Waals surface area contributed by atoms with Gasteiger partial charge in [0.25, 0.3) is 0 Å². The zero-order valence-electron chi connectivity index (χ0n) is 19.0. The lowest BCUT2D eigenvalue weighted by atomic mass is 10.1. The summed E-state index contributed by atoms with van der Waals surface area (Å²) in [5, 5.41) is 6.74. The molecule has 2 aromatic carbocycles. The number of nitrogens with zero attached hydrogens (tertiary/aromatic N) is 3. The van der Waals surface area contributed by atoms with E-state index in [2.05, 4.69) is 56.7 Å². The first-order chi connectivity index (χ1) is 15.2. The average Bonchev–Trinajstić information content (AvgIpc) is 3.01. The van der Waals surface area contributed by atoms with Crippen molar-refractivity contribution in [3.63, 3.8) is 0 Å². The molecule has 0 atom stereocenters. The van der Waals surface area contributed by atoms with E-state index in [0.717, 1.165) is 50.9 Å². The van der Waals surface area contributed by atoms with Crippen molar-refractivity contribution in [1.82, 2.24) is 20.4 Å². The van der Waals surface area contributed by atoms with E-state index in [1.807, 2.05) is 30.3 Å². The first kappa shape index (κ1) is 23.1. The Morgan fingerprint density at radius 1 is 0.935 bits per heavy atom. The van der Waals surface area contributed by atoms with Gasteiger partial charge >= 0.3 is 0 Å². The lowest BCUT2D eigenvalue weighted by molar-refractivity contribution is 0.269. The smallest absolute Gasteiger partial charge is 0.191 e. The highest BCUT2D eigenvalue weighted by molar-refractivity contribution is 5.79. The quantitative estimate of drug-likeness (QED) is 0.369. The third kappa shape index (κ3) is 8.59. The molecule has 0 unspecified atom stereocenters. The number of hydrogen-bond donors (Lipinski definition) is 2. The Bertz CT molecular complexity index is 778. The van der Waals surface area contributed by atoms with Crippen LogP contribution in [0.3, 0.4) is 0 Å². The molecule has 0 aromatic heterocycles. The summed E-state index contributed by atoms with van der Waals surface area (Å²) in [6, 6.07) is 18.9. The summed E-state index contributed by atoms with van der Waals surface area (Å²) in [4.78, 5) is 9.29. The fourth-order valence-corrected chi connectivity index (χ4v) is 3.67. The van der Waals surface area contributed by atoms with Gasteiger partial charge in [-0.25, -0.2) is 0 Å². The number of nitrogens with one attached hydrogen (secondary N) is 2. The molecule has 1 heterocycles. The molecule has 0 bridgehead atoms. The van der Waals surface area contributed by atoms with Crippen LogP contribution in [0.2, 0.25) is 0 Å². The molecule has 3 rings (SSSR count). The van der Waals surface area contributed by atoms with Gasteiger partial charge in [0.05, 0.1) is 6.61 Å². The number of guanidine groups is 1. The summed E-state index contributed by atoms with van der Waals surface area (Å²) >= 11 is 0. The molecule has 2 N–H and O–H groups in total. The lowest BCUT2D eigenvalue weighted by Gasteiger charge is -2.20. The fourth-order valence-electron chi connectivity index (χ4n) is 3.67. The second-order valence-corrected chi connectivity index (χ2v) is 8.12. The second-order valence-electron chi connectivity index (χ2n) is 8.12. The van der Waals surface area contributed by atoms with Crippen LogP contribution < -0.4 is 15.4 Å². The number of benzene rings is 2. The van der Waals surface area contributed by atoms with E-state index < -0.39 is 0 Å². The van der Waals surface area contributed by atoms with E-state index in [-0.39, 0.29) is 0 Å². The van der Waals surface area contributed by atoms with Crippen molar-refractivity contribution in [2.45, 2.75) is 25.9 Å². The number of rotatable bonds is 9. The zero-order chi connectivity index (χ0) is 21.7.